The second-order valence-electron chi connectivity index (χ2n) is 17.4. The summed E-state index contributed by atoms with van der Waals surface area (Å²) in [5.41, 5.74) is -2.83. The number of hydrogen-bond acceptors (Lipinski definition) is 10. The molecular formula is C41H52O10. The van der Waals surface area contributed by atoms with Crippen molar-refractivity contribution in [3.63, 3.8) is 0 Å². The summed E-state index contributed by atoms with van der Waals surface area (Å²) in [6.45, 7) is 16.5. The molecule has 4 aliphatic carbocycles. The van der Waals surface area contributed by atoms with E-state index in [4.69, 9.17) is 18.9 Å². The molecule has 1 aromatic carbocycles. The molecule has 6 rings (SSSR count). The molecule has 1 aliphatic heterocycles. The van der Waals surface area contributed by atoms with Crippen molar-refractivity contribution in [2.75, 3.05) is 6.61 Å². The molecule has 0 N–H and O–H groups in total. The monoisotopic (exact) mass is 704 g/mol. The van der Waals surface area contributed by atoms with Gasteiger partial charge in [-0.1, -0.05) is 58.4 Å². The van der Waals surface area contributed by atoms with E-state index in [0.717, 1.165) is 5.57 Å². The van der Waals surface area contributed by atoms with Crippen LogP contribution in [0.1, 0.15) is 105 Å². The molecule has 1 saturated heterocycles. The van der Waals surface area contributed by atoms with Crippen LogP contribution < -0.4 is 0 Å². The molecule has 1 aromatic rings. The summed E-state index contributed by atoms with van der Waals surface area (Å²) in [6.07, 6.45) is 1.61. The molecule has 4 fully saturated rings. The van der Waals surface area contributed by atoms with Crippen molar-refractivity contribution < 1.29 is 47.7 Å². The maximum atomic E-state index is 14.2. The molecule has 3 saturated carbocycles. The van der Waals surface area contributed by atoms with Gasteiger partial charge in [-0.05, 0) is 68.6 Å². The number of rotatable bonds is 5. The minimum Gasteiger partial charge on any atom is -0.462 e. The van der Waals surface area contributed by atoms with Gasteiger partial charge in [0.15, 0.2) is 5.78 Å². The molecule has 0 spiro atoms. The van der Waals surface area contributed by atoms with Gasteiger partial charge < -0.3 is 18.9 Å². The lowest BCUT2D eigenvalue weighted by molar-refractivity contribution is -0.259. The Morgan fingerprint density at radius 2 is 1.41 bits per heavy atom. The van der Waals surface area contributed by atoms with Crippen LogP contribution in [0.2, 0.25) is 0 Å². The lowest BCUT2D eigenvalue weighted by Gasteiger charge is -2.69. The molecule has 5 aliphatic rings. The summed E-state index contributed by atoms with van der Waals surface area (Å²) < 4.78 is 24.7. The normalized spacial score (nSPS) is 39.7. The molecule has 0 amide bonds. The first kappa shape index (κ1) is 37.1. The summed E-state index contributed by atoms with van der Waals surface area (Å²) in [5.74, 6) is -4.13. The van der Waals surface area contributed by atoms with Gasteiger partial charge in [-0.3, -0.25) is 24.0 Å². The summed E-state index contributed by atoms with van der Waals surface area (Å²) in [7, 11) is 0. The van der Waals surface area contributed by atoms with E-state index in [0.29, 0.717) is 24.8 Å². The van der Waals surface area contributed by atoms with Gasteiger partial charge in [0, 0.05) is 54.8 Å². The number of hydrogen-bond donors (Lipinski definition) is 0. The fourth-order valence-electron chi connectivity index (χ4n) is 11.5. The van der Waals surface area contributed by atoms with Gasteiger partial charge >= 0.3 is 17.9 Å². The van der Waals surface area contributed by atoms with Gasteiger partial charge in [0.2, 0.25) is 11.6 Å². The molecular weight excluding hydrogens is 652 g/mol. The van der Waals surface area contributed by atoms with Gasteiger partial charge in [-0.2, -0.15) is 0 Å². The highest BCUT2D eigenvalue weighted by Gasteiger charge is 2.73. The van der Waals surface area contributed by atoms with Crippen LogP contribution in [0.15, 0.2) is 42.0 Å². The van der Waals surface area contributed by atoms with Crippen molar-refractivity contribution in [1.82, 2.24) is 0 Å². The summed E-state index contributed by atoms with van der Waals surface area (Å²) in [5, 5.41) is 0. The third-order valence-electron chi connectivity index (χ3n) is 13.9. The van der Waals surface area contributed by atoms with E-state index in [2.05, 4.69) is 34.6 Å². The topological polar surface area (TPSA) is 139 Å². The quantitative estimate of drug-likeness (QED) is 0.203. The molecule has 10 atom stereocenters. The van der Waals surface area contributed by atoms with E-state index in [1.165, 1.54) is 13.8 Å². The Balaban J connectivity index is 1.42. The standard InChI is InChI=1S/C41H52O10/c1-22(42)49-32-19-29-37(3,4)31(51-36(47)24-13-11-10-12-14-24)20-33(50-23(2)43)40(29,8)28-15-16-39(7)30(41(28,32)9)18-26(44)34(39)25-17-27(45)35(46)38(5,6)48-21-25/h10-14,18,25,28-29,31-34H,15-17,19-21H2,1-9H3/t25?,28-,29+,31-,32-,33+,34-,39-,40-,41-/m1/s1. The largest absolute Gasteiger partial charge is 0.462 e. The number of ether oxygens (including phenoxy) is 4. The number of carbonyl (C=O) groups is 6. The highest BCUT2D eigenvalue weighted by Crippen LogP contribution is 2.74. The number of benzene rings is 1. The Morgan fingerprint density at radius 1 is 0.784 bits per heavy atom. The number of carbonyl (C=O) groups excluding carboxylic acids is 6. The second-order valence-corrected chi connectivity index (χ2v) is 17.4. The molecule has 276 valence electrons. The molecule has 1 unspecified atom stereocenters. The maximum absolute atomic E-state index is 14.2. The minimum absolute atomic E-state index is 0.0749. The molecule has 51 heavy (non-hydrogen) atoms. The van der Waals surface area contributed by atoms with E-state index in [-0.39, 0.29) is 37.1 Å². The molecule has 0 radical (unpaired) electrons. The van der Waals surface area contributed by atoms with Crippen LogP contribution in [0.5, 0.6) is 0 Å². The van der Waals surface area contributed by atoms with Crippen LogP contribution in [-0.2, 0) is 42.9 Å². The van der Waals surface area contributed by atoms with E-state index < -0.39 is 86.9 Å². The van der Waals surface area contributed by atoms with Gasteiger partial charge in [0.1, 0.15) is 23.9 Å². The Morgan fingerprint density at radius 3 is 2.04 bits per heavy atom. The first-order chi connectivity index (χ1) is 23.7. The van der Waals surface area contributed by atoms with Crippen LogP contribution >= 0.6 is 0 Å². The van der Waals surface area contributed by atoms with Crippen LogP contribution in [0.25, 0.3) is 0 Å². The molecule has 10 heteroatoms. The van der Waals surface area contributed by atoms with Crippen LogP contribution in [0.4, 0.5) is 0 Å². The molecule has 10 nitrogen and oxygen atoms in total. The highest BCUT2D eigenvalue weighted by molar-refractivity contribution is 6.40. The van der Waals surface area contributed by atoms with E-state index in [9.17, 15) is 28.8 Å². The number of Topliss-reactive ketones (excluding diaryl/α,β-unsaturated/α-hetero) is 2. The lowest BCUT2D eigenvalue weighted by atomic mass is 9.36. The Kier molecular flexibility index (Phi) is 9.09. The predicted molar refractivity (Wildman–Crippen MR) is 185 cm³/mol. The number of allylic oxidation sites excluding steroid dienone is 1. The van der Waals surface area contributed by atoms with Gasteiger partial charge in [0.25, 0.3) is 0 Å². The summed E-state index contributed by atoms with van der Waals surface area (Å²) in [6, 6.07) is 8.78. The fourth-order valence-corrected chi connectivity index (χ4v) is 11.5. The zero-order valence-corrected chi connectivity index (χ0v) is 31.3. The van der Waals surface area contributed by atoms with Crippen LogP contribution in [0, 0.1) is 45.3 Å². The zero-order chi connectivity index (χ0) is 37.5. The van der Waals surface area contributed by atoms with Gasteiger partial charge in [-0.15, -0.1) is 0 Å². The third-order valence-corrected chi connectivity index (χ3v) is 13.9. The van der Waals surface area contributed by atoms with E-state index in [1.54, 1.807) is 44.2 Å². The number of fused-ring (bicyclic) bond motifs is 5. The lowest BCUT2D eigenvalue weighted by Crippen LogP contribution is -2.70. The highest BCUT2D eigenvalue weighted by atomic mass is 16.6. The van der Waals surface area contributed by atoms with Crippen molar-refractivity contribution in [3.8, 4) is 0 Å². The fraction of sp³-hybridized carbons (Fsp3) is 0.659. The first-order valence-corrected chi connectivity index (χ1v) is 18.3. The van der Waals surface area contributed by atoms with Crippen LogP contribution in [-0.4, -0.2) is 65.8 Å². The minimum atomic E-state index is -1.27. The van der Waals surface area contributed by atoms with Crippen molar-refractivity contribution in [3.05, 3.63) is 47.5 Å². The Labute approximate surface area is 300 Å². The SMILES string of the molecule is CC(=O)O[C@H]1C[C@@H](OC(=O)c2ccccc2)C(C)(C)[C@@H]2C[C@@H](OC(C)=O)[C@@]3(C)C4=CC(=O)[C@@H](C5COC(C)(C)C(=O)C(=O)C5)[C@]4(C)CC[C@@H]3[C@@]12C. The van der Waals surface area contributed by atoms with Crippen molar-refractivity contribution in [2.45, 2.75) is 118 Å². The van der Waals surface area contributed by atoms with Gasteiger partial charge in [-0.25, -0.2) is 4.79 Å². The number of ketones is 3. The van der Waals surface area contributed by atoms with E-state index >= 15 is 0 Å². The molecule has 0 aromatic heterocycles. The zero-order valence-electron chi connectivity index (χ0n) is 31.3. The maximum Gasteiger partial charge on any atom is 0.338 e. The Hall–Kier alpha value is -3.66. The molecule has 0 bridgehead atoms. The predicted octanol–water partition coefficient (Wildman–Crippen LogP) is 6.03. The summed E-state index contributed by atoms with van der Waals surface area (Å²) in [4.78, 5) is 79.3. The number of esters is 3. The van der Waals surface area contributed by atoms with Crippen molar-refractivity contribution in [2.24, 2.45) is 45.3 Å². The average Bonchev–Trinajstić information content (AvgIpc) is 3.27. The summed E-state index contributed by atoms with van der Waals surface area (Å²) >= 11 is 0. The van der Waals surface area contributed by atoms with E-state index in [1.807, 2.05) is 6.07 Å². The van der Waals surface area contributed by atoms with Crippen LogP contribution in [0.3, 0.4) is 0 Å². The van der Waals surface area contributed by atoms with Gasteiger partial charge in [0.05, 0.1) is 12.2 Å². The molecule has 1 heterocycles. The second kappa shape index (κ2) is 12.5. The average molecular weight is 705 g/mol. The Bertz CT molecular complexity index is 1690. The van der Waals surface area contributed by atoms with Crippen molar-refractivity contribution in [1.29, 1.82) is 0 Å². The third kappa shape index (κ3) is 5.71. The van der Waals surface area contributed by atoms with Crippen molar-refractivity contribution >= 4 is 35.3 Å². The first-order valence-electron chi connectivity index (χ1n) is 18.3. The smallest absolute Gasteiger partial charge is 0.338 e.